The Morgan fingerprint density at radius 2 is 2.15 bits per heavy atom. The number of aromatic nitrogens is 2. The van der Waals surface area contributed by atoms with Crippen molar-refractivity contribution in [2.24, 2.45) is 13.0 Å². The lowest BCUT2D eigenvalue weighted by Crippen LogP contribution is -2.63. The number of piperazine rings is 1. The average Bonchev–Trinajstić information content (AvgIpc) is 2.99. The number of nitrogens with zero attached hydrogens (tertiary/aromatic N) is 3. The summed E-state index contributed by atoms with van der Waals surface area (Å²) in [6.45, 7) is 8.06. The molecule has 1 spiro atoms. The fourth-order valence-electron chi connectivity index (χ4n) is 4.02. The van der Waals surface area contributed by atoms with E-state index in [1.165, 1.54) is 37.8 Å². The largest absolute Gasteiger partial charge is 0.308 e. The normalized spacial score (nSPS) is 26.7. The monoisotopic (exact) mass is 276 g/mol. The summed E-state index contributed by atoms with van der Waals surface area (Å²) in [5, 5.41) is 8.20. The maximum absolute atomic E-state index is 4.32. The van der Waals surface area contributed by atoms with Crippen LogP contribution in [0.5, 0.6) is 0 Å². The van der Waals surface area contributed by atoms with Gasteiger partial charge in [0.2, 0.25) is 0 Å². The lowest BCUT2D eigenvalue weighted by molar-refractivity contribution is 0.0507. The summed E-state index contributed by atoms with van der Waals surface area (Å²) in [5.74, 6) is 0.693. The fraction of sp³-hybridized carbons (Fsp3) is 0.812. The van der Waals surface area contributed by atoms with Gasteiger partial charge >= 0.3 is 0 Å². The molecule has 112 valence electrons. The lowest BCUT2D eigenvalue weighted by atomic mass is 9.89. The molecule has 1 aromatic rings. The van der Waals surface area contributed by atoms with Crippen molar-refractivity contribution >= 4 is 0 Å². The molecule has 1 saturated carbocycles. The average molecular weight is 276 g/mol. The molecule has 1 unspecified atom stereocenters. The molecular weight excluding hydrogens is 248 g/mol. The predicted molar refractivity (Wildman–Crippen MR) is 81.4 cm³/mol. The third kappa shape index (κ3) is 2.77. The highest BCUT2D eigenvalue weighted by atomic mass is 15.3. The molecular formula is C16H28N4. The summed E-state index contributed by atoms with van der Waals surface area (Å²) in [6, 6.07) is 0.640. The van der Waals surface area contributed by atoms with Crippen LogP contribution in [-0.4, -0.2) is 39.4 Å². The van der Waals surface area contributed by atoms with E-state index in [-0.39, 0.29) is 0 Å². The molecule has 1 saturated heterocycles. The Morgan fingerprint density at radius 3 is 2.75 bits per heavy atom. The molecule has 20 heavy (non-hydrogen) atoms. The Labute approximate surface area is 122 Å². The third-order valence-electron chi connectivity index (χ3n) is 5.14. The minimum absolute atomic E-state index is 0.396. The highest BCUT2D eigenvalue weighted by Gasteiger charge is 2.41. The Morgan fingerprint density at radius 1 is 1.40 bits per heavy atom. The Bertz CT molecular complexity index is 445. The van der Waals surface area contributed by atoms with Crippen molar-refractivity contribution in [3.8, 4) is 0 Å². The van der Waals surface area contributed by atoms with E-state index in [1.807, 2.05) is 17.9 Å². The molecule has 0 amide bonds. The molecule has 1 aliphatic heterocycles. The van der Waals surface area contributed by atoms with Gasteiger partial charge in [-0.1, -0.05) is 26.7 Å². The van der Waals surface area contributed by atoms with Crippen molar-refractivity contribution in [1.82, 2.24) is 20.0 Å². The van der Waals surface area contributed by atoms with Gasteiger partial charge in [-0.15, -0.1) is 0 Å². The molecule has 2 heterocycles. The minimum Gasteiger partial charge on any atom is -0.308 e. The lowest BCUT2D eigenvalue weighted by Gasteiger charge is -2.47. The van der Waals surface area contributed by atoms with Gasteiger partial charge in [0.25, 0.3) is 0 Å². The quantitative estimate of drug-likeness (QED) is 0.918. The van der Waals surface area contributed by atoms with Crippen LogP contribution in [0, 0.1) is 5.92 Å². The summed E-state index contributed by atoms with van der Waals surface area (Å²) in [4.78, 5) is 2.70. The summed E-state index contributed by atoms with van der Waals surface area (Å²) < 4.78 is 1.91. The molecule has 0 radical (unpaired) electrons. The van der Waals surface area contributed by atoms with E-state index in [1.54, 1.807) is 0 Å². The van der Waals surface area contributed by atoms with Crippen LogP contribution >= 0.6 is 0 Å². The summed E-state index contributed by atoms with van der Waals surface area (Å²) in [7, 11) is 2.00. The maximum atomic E-state index is 4.32. The van der Waals surface area contributed by atoms with Gasteiger partial charge in [0, 0.05) is 50.0 Å². The number of rotatable bonds is 3. The van der Waals surface area contributed by atoms with Crippen molar-refractivity contribution in [2.45, 2.75) is 57.7 Å². The fourth-order valence-corrected chi connectivity index (χ4v) is 4.02. The van der Waals surface area contributed by atoms with Gasteiger partial charge in [0.05, 0.1) is 6.20 Å². The number of hydrogen-bond donors (Lipinski definition) is 1. The molecule has 1 N–H and O–H groups in total. The summed E-state index contributed by atoms with van der Waals surface area (Å²) in [6.07, 6.45) is 9.64. The maximum Gasteiger partial charge on any atom is 0.0534 e. The smallest absolute Gasteiger partial charge is 0.0534 e. The highest BCUT2D eigenvalue weighted by Crippen LogP contribution is 2.34. The zero-order valence-electron chi connectivity index (χ0n) is 13.1. The van der Waals surface area contributed by atoms with Crippen LogP contribution in [0.1, 0.15) is 45.1 Å². The van der Waals surface area contributed by atoms with E-state index in [0.717, 1.165) is 13.1 Å². The molecule has 0 aromatic carbocycles. The van der Waals surface area contributed by atoms with Crippen molar-refractivity contribution in [3.63, 3.8) is 0 Å². The zero-order valence-corrected chi connectivity index (χ0v) is 13.1. The van der Waals surface area contributed by atoms with Crippen LogP contribution in [0.2, 0.25) is 0 Å². The first-order valence-corrected chi connectivity index (χ1v) is 8.05. The summed E-state index contributed by atoms with van der Waals surface area (Å²) >= 11 is 0. The summed E-state index contributed by atoms with van der Waals surface area (Å²) in [5.41, 5.74) is 1.74. The second kappa shape index (κ2) is 5.49. The van der Waals surface area contributed by atoms with E-state index < -0.39 is 0 Å². The first kappa shape index (κ1) is 14.1. The first-order chi connectivity index (χ1) is 9.58. The molecule has 0 bridgehead atoms. The van der Waals surface area contributed by atoms with Crippen LogP contribution in [-0.2, 0) is 13.6 Å². The van der Waals surface area contributed by atoms with Gasteiger partial charge < -0.3 is 5.32 Å². The van der Waals surface area contributed by atoms with Gasteiger partial charge in [0.1, 0.15) is 0 Å². The molecule has 1 atom stereocenters. The number of hydrogen-bond acceptors (Lipinski definition) is 3. The SMILES string of the molecule is CC(C)C1CNC2(CCCC2)CN1Cc1cnn(C)c1. The number of aryl methyl sites for hydroxylation is 1. The Kier molecular flexibility index (Phi) is 3.87. The Hall–Kier alpha value is -0.870. The van der Waals surface area contributed by atoms with Crippen LogP contribution in [0.15, 0.2) is 12.4 Å². The van der Waals surface area contributed by atoms with Gasteiger partial charge in [-0.3, -0.25) is 9.58 Å². The van der Waals surface area contributed by atoms with Crippen LogP contribution in [0.25, 0.3) is 0 Å². The van der Waals surface area contributed by atoms with Gasteiger partial charge in [-0.05, 0) is 18.8 Å². The van der Waals surface area contributed by atoms with Gasteiger partial charge in [-0.25, -0.2) is 0 Å². The van der Waals surface area contributed by atoms with Crippen molar-refractivity contribution in [1.29, 1.82) is 0 Å². The van der Waals surface area contributed by atoms with Crippen LogP contribution < -0.4 is 5.32 Å². The predicted octanol–water partition coefficient (Wildman–Crippen LogP) is 2.16. The van der Waals surface area contributed by atoms with Gasteiger partial charge in [-0.2, -0.15) is 5.10 Å². The van der Waals surface area contributed by atoms with E-state index in [0.29, 0.717) is 17.5 Å². The first-order valence-electron chi connectivity index (χ1n) is 8.05. The highest BCUT2D eigenvalue weighted by molar-refractivity contribution is 5.07. The second-order valence-corrected chi connectivity index (χ2v) is 7.11. The topological polar surface area (TPSA) is 33.1 Å². The van der Waals surface area contributed by atoms with E-state index >= 15 is 0 Å². The van der Waals surface area contributed by atoms with Crippen molar-refractivity contribution in [3.05, 3.63) is 18.0 Å². The second-order valence-electron chi connectivity index (χ2n) is 7.11. The van der Waals surface area contributed by atoms with Crippen LogP contribution in [0.4, 0.5) is 0 Å². The Balaban J connectivity index is 1.75. The minimum atomic E-state index is 0.396. The molecule has 1 aliphatic carbocycles. The number of nitrogens with one attached hydrogen (secondary N) is 1. The van der Waals surface area contributed by atoms with E-state index in [9.17, 15) is 0 Å². The van der Waals surface area contributed by atoms with Crippen LogP contribution in [0.3, 0.4) is 0 Å². The standard InChI is InChI=1S/C16H28N4/c1-13(2)15-9-17-16(6-4-5-7-16)12-20(15)11-14-8-18-19(3)10-14/h8,10,13,15,17H,4-7,9,11-12H2,1-3H3. The third-order valence-corrected chi connectivity index (χ3v) is 5.14. The molecule has 2 aliphatic rings. The molecule has 4 heteroatoms. The van der Waals surface area contributed by atoms with Crippen molar-refractivity contribution < 1.29 is 0 Å². The molecule has 4 nitrogen and oxygen atoms in total. The molecule has 2 fully saturated rings. The molecule has 1 aromatic heterocycles. The van der Waals surface area contributed by atoms with Crippen molar-refractivity contribution in [2.75, 3.05) is 13.1 Å². The van der Waals surface area contributed by atoms with E-state index in [4.69, 9.17) is 0 Å². The molecule has 3 rings (SSSR count). The zero-order chi connectivity index (χ0) is 14.2. The van der Waals surface area contributed by atoms with Gasteiger partial charge in [0.15, 0.2) is 0 Å². The van der Waals surface area contributed by atoms with E-state index in [2.05, 4.69) is 35.4 Å².